The van der Waals surface area contributed by atoms with Crippen molar-refractivity contribution in [3.05, 3.63) is 85.5 Å². The molecule has 2 aromatic carbocycles. The van der Waals surface area contributed by atoms with Crippen molar-refractivity contribution in [3.63, 3.8) is 0 Å². The summed E-state index contributed by atoms with van der Waals surface area (Å²) in [4.78, 5) is 26.9. The fraction of sp³-hybridized carbons (Fsp3) is 0.154. The lowest BCUT2D eigenvalue weighted by atomic mass is 9.90. The molecule has 7 nitrogen and oxygen atoms in total. The SMILES string of the molecule is C=CC(=O)N1CCC(c2cc(-c3ccc(Oc4ccccn4)cc3)c(N)c3cncnc23)C1. The fourth-order valence-electron chi connectivity index (χ4n) is 4.33. The standard InChI is InChI=1S/C26H23N5O2/c1-2-24(32)31-12-10-18(15-31)21-13-20(25(27)22-14-28-16-30-26(21)22)17-6-8-19(9-7-17)33-23-5-3-4-11-29-23/h2-9,11,13-14,16,18H,1,10,12,15,27H2. The maximum Gasteiger partial charge on any atom is 0.245 e. The zero-order valence-corrected chi connectivity index (χ0v) is 18.0. The van der Waals surface area contributed by atoms with Crippen LogP contribution in [0.15, 0.2) is 79.9 Å². The van der Waals surface area contributed by atoms with E-state index in [1.54, 1.807) is 12.4 Å². The number of nitrogens with two attached hydrogens (primary N) is 1. The number of amides is 1. The Morgan fingerprint density at radius 2 is 2.03 bits per heavy atom. The van der Waals surface area contributed by atoms with Gasteiger partial charge in [-0.05, 0) is 47.9 Å². The molecule has 2 aromatic heterocycles. The second kappa shape index (κ2) is 8.70. The average molecular weight is 438 g/mol. The summed E-state index contributed by atoms with van der Waals surface area (Å²) < 4.78 is 5.81. The summed E-state index contributed by atoms with van der Waals surface area (Å²) in [6, 6.07) is 15.4. The molecule has 5 rings (SSSR count). The summed E-state index contributed by atoms with van der Waals surface area (Å²) in [6.45, 7) is 4.93. The maximum atomic E-state index is 12.1. The van der Waals surface area contributed by atoms with Crippen molar-refractivity contribution < 1.29 is 9.53 Å². The predicted molar refractivity (Wildman–Crippen MR) is 128 cm³/mol. The van der Waals surface area contributed by atoms with Gasteiger partial charge in [0.15, 0.2) is 0 Å². The number of ether oxygens (including phenoxy) is 1. The van der Waals surface area contributed by atoms with Gasteiger partial charge >= 0.3 is 0 Å². The third kappa shape index (κ3) is 4.01. The molecule has 2 N–H and O–H groups in total. The number of nitrogens with zero attached hydrogens (tertiary/aromatic N) is 4. The van der Waals surface area contributed by atoms with Gasteiger partial charge in [-0.15, -0.1) is 0 Å². The van der Waals surface area contributed by atoms with Crippen LogP contribution in [0, 0.1) is 0 Å². The lowest BCUT2D eigenvalue weighted by Gasteiger charge is -2.18. The van der Waals surface area contributed by atoms with Crippen molar-refractivity contribution in [1.29, 1.82) is 0 Å². The molecule has 1 amide bonds. The van der Waals surface area contributed by atoms with Crippen molar-refractivity contribution in [2.24, 2.45) is 0 Å². The molecule has 1 fully saturated rings. The van der Waals surface area contributed by atoms with E-state index >= 15 is 0 Å². The zero-order valence-electron chi connectivity index (χ0n) is 18.0. The third-order valence-electron chi connectivity index (χ3n) is 6.01. The molecule has 0 saturated carbocycles. The minimum atomic E-state index is -0.0457. The quantitative estimate of drug-likeness (QED) is 0.363. The number of hydrogen-bond acceptors (Lipinski definition) is 6. The number of rotatable bonds is 5. The Labute approximate surface area is 191 Å². The van der Waals surface area contributed by atoms with E-state index in [1.165, 1.54) is 12.4 Å². The molecule has 1 atom stereocenters. The molecule has 1 saturated heterocycles. The van der Waals surface area contributed by atoms with Crippen LogP contribution < -0.4 is 10.5 Å². The number of anilines is 1. The van der Waals surface area contributed by atoms with Crippen LogP contribution in [0.2, 0.25) is 0 Å². The summed E-state index contributed by atoms with van der Waals surface area (Å²) >= 11 is 0. The third-order valence-corrected chi connectivity index (χ3v) is 6.01. The van der Waals surface area contributed by atoms with Gasteiger partial charge in [0.05, 0.1) is 11.2 Å². The highest BCUT2D eigenvalue weighted by Crippen LogP contribution is 2.39. The number of carbonyl (C=O) groups excluding carboxylic acids is 1. The lowest BCUT2D eigenvalue weighted by Crippen LogP contribution is -2.26. The molecule has 0 spiro atoms. The number of likely N-dealkylation sites (tertiary alicyclic amines) is 1. The van der Waals surface area contributed by atoms with Crippen molar-refractivity contribution in [3.8, 4) is 22.8 Å². The first-order valence-corrected chi connectivity index (χ1v) is 10.8. The summed E-state index contributed by atoms with van der Waals surface area (Å²) in [5, 5.41) is 0.812. The Balaban J connectivity index is 1.52. The van der Waals surface area contributed by atoms with Gasteiger partial charge in [0.25, 0.3) is 0 Å². The second-order valence-electron chi connectivity index (χ2n) is 7.98. The van der Waals surface area contributed by atoms with E-state index in [0.29, 0.717) is 30.4 Å². The van der Waals surface area contributed by atoms with Crippen molar-refractivity contribution in [1.82, 2.24) is 19.9 Å². The van der Waals surface area contributed by atoms with Crippen LogP contribution in [0.1, 0.15) is 17.9 Å². The summed E-state index contributed by atoms with van der Waals surface area (Å²) in [5.41, 5.74) is 11.0. The van der Waals surface area contributed by atoms with Crippen LogP contribution in [-0.4, -0.2) is 38.8 Å². The number of benzene rings is 2. The molecule has 3 heterocycles. The largest absolute Gasteiger partial charge is 0.439 e. The smallest absolute Gasteiger partial charge is 0.245 e. The Hall–Kier alpha value is -4.26. The highest BCUT2D eigenvalue weighted by Gasteiger charge is 2.28. The van der Waals surface area contributed by atoms with E-state index in [0.717, 1.165) is 34.0 Å². The number of aromatic nitrogens is 3. The lowest BCUT2D eigenvalue weighted by molar-refractivity contribution is -0.125. The Kier molecular flexibility index (Phi) is 5.44. The van der Waals surface area contributed by atoms with Crippen LogP contribution in [0.25, 0.3) is 22.0 Å². The van der Waals surface area contributed by atoms with E-state index < -0.39 is 0 Å². The number of fused-ring (bicyclic) bond motifs is 1. The van der Waals surface area contributed by atoms with Gasteiger partial charge in [-0.1, -0.05) is 24.8 Å². The molecular formula is C26H23N5O2. The van der Waals surface area contributed by atoms with Gasteiger partial charge in [-0.25, -0.2) is 15.0 Å². The molecule has 1 aliphatic rings. The van der Waals surface area contributed by atoms with E-state index in [9.17, 15) is 4.79 Å². The van der Waals surface area contributed by atoms with Gasteiger partial charge in [0.1, 0.15) is 12.1 Å². The van der Waals surface area contributed by atoms with Crippen LogP contribution >= 0.6 is 0 Å². The maximum absolute atomic E-state index is 12.1. The van der Waals surface area contributed by atoms with Crippen molar-refractivity contribution in [2.45, 2.75) is 12.3 Å². The zero-order chi connectivity index (χ0) is 22.8. The van der Waals surface area contributed by atoms with E-state index in [-0.39, 0.29) is 11.8 Å². The molecule has 164 valence electrons. The van der Waals surface area contributed by atoms with Gasteiger partial charge in [-0.3, -0.25) is 4.79 Å². The van der Waals surface area contributed by atoms with Gasteiger partial charge in [0, 0.05) is 48.4 Å². The van der Waals surface area contributed by atoms with E-state index in [1.807, 2.05) is 47.4 Å². The summed E-state index contributed by atoms with van der Waals surface area (Å²) in [5.74, 6) is 1.34. The molecule has 0 bridgehead atoms. The summed E-state index contributed by atoms with van der Waals surface area (Å²) in [7, 11) is 0. The molecule has 7 heteroatoms. The minimum absolute atomic E-state index is 0.0457. The summed E-state index contributed by atoms with van der Waals surface area (Å²) in [6.07, 6.45) is 7.21. The Bertz CT molecular complexity index is 1320. The molecule has 33 heavy (non-hydrogen) atoms. The van der Waals surface area contributed by atoms with Gasteiger partial charge < -0.3 is 15.4 Å². The van der Waals surface area contributed by atoms with Crippen molar-refractivity contribution in [2.75, 3.05) is 18.8 Å². The van der Waals surface area contributed by atoms with Crippen LogP contribution in [0.3, 0.4) is 0 Å². The Morgan fingerprint density at radius 1 is 1.18 bits per heavy atom. The highest BCUT2D eigenvalue weighted by atomic mass is 16.5. The molecule has 4 aromatic rings. The van der Waals surface area contributed by atoms with Gasteiger partial charge in [-0.2, -0.15) is 0 Å². The molecule has 0 radical (unpaired) electrons. The number of pyridine rings is 1. The molecule has 1 aliphatic heterocycles. The molecular weight excluding hydrogens is 414 g/mol. The highest BCUT2D eigenvalue weighted by molar-refractivity contribution is 6.00. The van der Waals surface area contributed by atoms with Crippen LogP contribution in [0.4, 0.5) is 5.69 Å². The van der Waals surface area contributed by atoms with E-state index in [2.05, 4.69) is 27.6 Å². The molecule has 0 aliphatic carbocycles. The first-order valence-electron chi connectivity index (χ1n) is 10.8. The Morgan fingerprint density at radius 3 is 2.79 bits per heavy atom. The van der Waals surface area contributed by atoms with Crippen LogP contribution in [-0.2, 0) is 4.79 Å². The average Bonchev–Trinajstić information content (AvgIpc) is 3.35. The number of carbonyl (C=O) groups is 1. The predicted octanol–water partition coefficient (Wildman–Crippen LogP) is 4.57. The topological polar surface area (TPSA) is 94.2 Å². The van der Waals surface area contributed by atoms with Gasteiger partial charge in [0.2, 0.25) is 11.8 Å². The first kappa shape index (κ1) is 20.6. The number of hydrogen-bond donors (Lipinski definition) is 1. The van der Waals surface area contributed by atoms with Crippen molar-refractivity contribution >= 4 is 22.5 Å². The second-order valence-corrected chi connectivity index (χ2v) is 7.98. The number of nitrogen functional groups attached to an aromatic ring is 1. The molecule has 1 unspecified atom stereocenters. The van der Waals surface area contributed by atoms with E-state index in [4.69, 9.17) is 10.5 Å². The monoisotopic (exact) mass is 437 g/mol. The fourth-order valence-corrected chi connectivity index (χ4v) is 4.33. The van der Waals surface area contributed by atoms with Crippen LogP contribution in [0.5, 0.6) is 11.6 Å². The first-order chi connectivity index (χ1) is 16.1. The normalized spacial score (nSPS) is 15.5. The minimum Gasteiger partial charge on any atom is -0.439 e.